The van der Waals surface area contributed by atoms with Crippen LogP contribution in [0.15, 0.2) is 34.9 Å². The molecule has 0 bridgehead atoms. The number of hydrogen-bond acceptors (Lipinski definition) is 3. The maximum atomic E-state index is 5.94. The van der Waals surface area contributed by atoms with E-state index in [2.05, 4.69) is 10.3 Å². The fourth-order valence-electron chi connectivity index (χ4n) is 1.81. The first-order valence-corrected chi connectivity index (χ1v) is 6.48. The van der Waals surface area contributed by atoms with E-state index < -0.39 is 0 Å². The number of benzene rings is 1. The van der Waals surface area contributed by atoms with E-state index in [9.17, 15) is 0 Å². The molecule has 2 rings (SSSR count). The van der Waals surface area contributed by atoms with Gasteiger partial charge in [-0.05, 0) is 44.1 Å². The minimum absolute atomic E-state index is 0.687. The molecule has 0 amide bonds. The van der Waals surface area contributed by atoms with Crippen molar-refractivity contribution in [3.8, 4) is 0 Å². The fourth-order valence-corrected chi connectivity index (χ4v) is 2.03. The zero-order valence-corrected chi connectivity index (χ0v) is 11.2. The first-order valence-electron chi connectivity index (χ1n) is 6.10. The van der Waals surface area contributed by atoms with Gasteiger partial charge in [0.2, 0.25) is 0 Å². The first-order chi connectivity index (χ1) is 8.78. The Hall–Kier alpha value is -1.32. The standard InChI is InChI=1S/C14H17ClN2O/c1-16-7-3-6-13-10-18-14(17-13)9-11-4-2-5-12(15)8-11/h2,4-5,8,10,16H,3,6-7,9H2,1H3. The van der Waals surface area contributed by atoms with Gasteiger partial charge in [0.1, 0.15) is 6.26 Å². The summed E-state index contributed by atoms with van der Waals surface area (Å²) in [6.07, 6.45) is 4.45. The maximum absolute atomic E-state index is 5.94. The van der Waals surface area contributed by atoms with Gasteiger partial charge in [0, 0.05) is 11.4 Å². The van der Waals surface area contributed by atoms with Crippen molar-refractivity contribution in [1.29, 1.82) is 0 Å². The number of oxazole rings is 1. The molecule has 0 saturated carbocycles. The van der Waals surface area contributed by atoms with E-state index in [1.54, 1.807) is 6.26 Å². The Morgan fingerprint density at radius 3 is 3.06 bits per heavy atom. The van der Waals surface area contributed by atoms with E-state index in [1.807, 2.05) is 31.3 Å². The van der Waals surface area contributed by atoms with Gasteiger partial charge in [-0.1, -0.05) is 23.7 Å². The molecule has 0 unspecified atom stereocenters. The molecule has 96 valence electrons. The summed E-state index contributed by atoms with van der Waals surface area (Å²) in [4.78, 5) is 4.47. The minimum Gasteiger partial charge on any atom is -0.448 e. The van der Waals surface area contributed by atoms with Crippen LogP contribution in [0.2, 0.25) is 5.02 Å². The Bertz CT molecular complexity index is 496. The van der Waals surface area contributed by atoms with E-state index >= 15 is 0 Å². The highest BCUT2D eigenvalue weighted by Gasteiger charge is 2.05. The molecule has 1 aromatic carbocycles. The van der Waals surface area contributed by atoms with Crippen LogP contribution in [0.25, 0.3) is 0 Å². The van der Waals surface area contributed by atoms with Crippen molar-refractivity contribution >= 4 is 11.6 Å². The normalized spacial score (nSPS) is 10.8. The minimum atomic E-state index is 0.687. The van der Waals surface area contributed by atoms with Gasteiger partial charge in [0.25, 0.3) is 0 Å². The van der Waals surface area contributed by atoms with Gasteiger partial charge in [-0.25, -0.2) is 4.98 Å². The van der Waals surface area contributed by atoms with Crippen LogP contribution in [0.3, 0.4) is 0 Å². The summed E-state index contributed by atoms with van der Waals surface area (Å²) in [6.45, 7) is 0.997. The summed E-state index contributed by atoms with van der Waals surface area (Å²) >= 11 is 5.94. The lowest BCUT2D eigenvalue weighted by atomic mass is 10.1. The van der Waals surface area contributed by atoms with Crippen molar-refractivity contribution in [2.75, 3.05) is 13.6 Å². The highest BCUT2D eigenvalue weighted by atomic mass is 35.5. The summed E-state index contributed by atoms with van der Waals surface area (Å²) in [5, 5.41) is 3.86. The maximum Gasteiger partial charge on any atom is 0.198 e. The van der Waals surface area contributed by atoms with E-state index in [0.717, 1.165) is 41.6 Å². The van der Waals surface area contributed by atoms with Crippen LogP contribution < -0.4 is 5.32 Å². The molecular formula is C14H17ClN2O. The number of nitrogens with zero attached hydrogens (tertiary/aromatic N) is 1. The highest BCUT2D eigenvalue weighted by molar-refractivity contribution is 6.30. The SMILES string of the molecule is CNCCCc1coc(Cc2cccc(Cl)c2)n1. The zero-order valence-electron chi connectivity index (χ0n) is 10.4. The average molecular weight is 265 g/mol. The Balaban J connectivity index is 1.94. The second kappa shape index (κ2) is 6.57. The van der Waals surface area contributed by atoms with Gasteiger partial charge in [-0.3, -0.25) is 0 Å². The molecule has 2 aromatic rings. The summed E-state index contributed by atoms with van der Waals surface area (Å²) in [5.74, 6) is 0.747. The van der Waals surface area contributed by atoms with Crippen LogP contribution in [0.4, 0.5) is 0 Å². The second-order valence-electron chi connectivity index (χ2n) is 4.25. The van der Waals surface area contributed by atoms with Gasteiger partial charge in [-0.15, -0.1) is 0 Å². The van der Waals surface area contributed by atoms with Crippen LogP contribution in [-0.4, -0.2) is 18.6 Å². The molecule has 18 heavy (non-hydrogen) atoms. The summed E-state index contributed by atoms with van der Waals surface area (Å²) in [7, 11) is 1.95. The average Bonchev–Trinajstić information content (AvgIpc) is 2.77. The molecule has 0 fully saturated rings. The molecule has 0 aliphatic carbocycles. The smallest absolute Gasteiger partial charge is 0.198 e. The molecule has 0 atom stereocenters. The third-order valence-corrected chi connectivity index (χ3v) is 2.94. The number of halogens is 1. The van der Waals surface area contributed by atoms with Gasteiger partial charge in [0.05, 0.1) is 5.69 Å². The topological polar surface area (TPSA) is 38.1 Å². The lowest BCUT2D eigenvalue weighted by molar-refractivity contribution is 0.506. The molecule has 1 N–H and O–H groups in total. The third kappa shape index (κ3) is 3.86. The predicted molar refractivity (Wildman–Crippen MR) is 73.0 cm³/mol. The van der Waals surface area contributed by atoms with Gasteiger partial charge in [0.15, 0.2) is 5.89 Å². The van der Waals surface area contributed by atoms with Crippen LogP contribution in [0.1, 0.15) is 23.6 Å². The molecule has 0 aliphatic rings. The highest BCUT2D eigenvalue weighted by Crippen LogP contribution is 2.15. The van der Waals surface area contributed by atoms with Gasteiger partial charge < -0.3 is 9.73 Å². The third-order valence-electron chi connectivity index (χ3n) is 2.70. The van der Waals surface area contributed by atoms with Crippen molar-refractivity contribution in [2.24, 2.45) is 0 Å². The van der Waals surface area contributed by atoms with Crippen LogP contribution in [0.5, 0.6) is 0 Å². The number of aromatic nitrogens is 1. The molecule has 0 saturated heterocycles. The largest absolute Gasteiger partial charge is 0.448 e. The Labute approximate surface area is 112 Å². The summed E-state index contributed by atoms with van der Waals surface area (Å²) in [5.41, 5.74) is 2.13. The van der Waals surface area contributed by atoms with Crippen molar-refractivity contribution in [3.63, 3.8) is 0 Å². The quantitative estimate of drug-likeness (QED) is 0.815. The Kier molecular flexibility index (Phi) is 4.79. The summed E-state index contributed by atoms with van der Waals surface area (Å²) < 4.78 is 5.46. The first kappa shape index (κ1) is 13.1. The Morgan fingerprint density at radius 2 is 2.28 bits per heavy atom. The Morgan fingerprint density at radius 1 is 1.39 bits per heavy atom. The molecule has 0 spiro atoms. The summed E-state index contributed by atoms with van der Waals surface area (Å²) in [6, 6.07) is 7.77. The second-order valence-corrected chi connectivity index (χ2v) is 4.68. The van der Waals surface area contributed by atoms with Gasteiger partial charge in [-0.2, -0.15) is 0 Å². The van der Waals surface area contributed by atoms with Crippen LogP contribution in [-0.2, 0) is 12.8 Å². The number of rotatable bonds is 6. The van der Waals surface area contributed by atoms with Crippen molar-refractivity contribution < 1.29 is 4.42 Å². The van der Waals surface area contributed by atoms with E-state index in [4.69, 9.17) is 16.0 Å². The van der Waals surface area contributed by atoms with E-state index in [1.165, 1.54) is 0 Å². The lowest BCUT2D eigenvalue weighted by Gasteiger charge is -1.97. The van der Waals surface area contributed by atoms with Gasteiger partial charge >= 0.3 is 0 Å². The monoisotopic (exact) mass is 264 g/mol. The molecule has 1 aromatic heterocycles. The number of aryl methyl sites for hydroxylation is 1. The van der Waals surface area contributed by atoms with Crippen molar-refractivity contribution in [3.05, 3.63) is 52.7 Å². The molecule has 1 heterocycles. The molecule has 0 aliphatic heterocycles. The number of nitrogens with one attached hydrogen (secondary N) is 1. The van der Waals surface area contributed by atoms with E-state index in [0.29, 0.717) is 6.42 Å². The molecule has 4 heteroatoms. The van der Waals surface area contributed by atoms with Crippen molar-refractivity contribution in [2.45, 2.75) is 19.3 Å². The van der Waals surface area contributed by atoms with Crippen molar-refractivity contribution in [1.82, 2.24) is 10.3 Å². The fraction of sp³-hybridized carbons (Fsp3) is 0.357. The van der Waals surface area contributed by atoms with E-state index in [-0.39, 0.29) is 0 Å². The molecule has 0 radical (unpaired) electrons. The molecule has 3 nitrogen and oxygen atoms in total. The van der Waals surface area contributed by atoms with Crippen LogP contribution in [0, 0.1) is 0 Å². The van der Waals surface area contributed by atoms with Crippen LogP contribution >= 0.6 is 11.6 Å². The zero-order chi connectivity index (χ0) is 12.8. The molecular weight excluding hydrogens is 248 g/mol. The number of hydrogen-bond donors (Lipinski definition) is 1. The lowest BCUT2D eigenvalue weighted by Crippen LogP contribution is -2.08. The predicted octanol–water partition coefficient (Wildman–Crippen LogP) is 3.07.